The molecule has 1 aromatic heterocycles. The minimum Gasteiger partial charge on any atom is -0.338 e. The van der Waals surface area contributed by atoms with Gasteiger partial charge in [0.05, 0.1) is 6.20 Å². The molecule has 2 aliphatic heterocycles. The standard InChI is InChI=1S/C17H30N6O3S/c1-18-16(15-13-19-20(2)14-15)17(24)21-9-11-23(12-10-21)27(25,26)22-7-5-3-4-6-8-22/h13-14,16,18H,3-12H2,1-2H3. The van der Waals surface area contributed by atoms with E-state index >= 15 is 0 Å². The molecule has 10 heteroatoms. The van der Waals surface area contributed by atoms with Gasteiger partial charge in [-0.15, -0.1) is 0 Å². The Kier molecular flexibility index (Phi) is 6.51. The van der Waals surface area contributed by atoms with E-state index in [4.69, 9.17) is 0 Å². The smallest absolute Gasteiger partial charge is 0.282 e. The monoisotopic (exact) mass is 398 g/mol. The van der Waals surface area contributed by atoms with Crippen molar-refractivity contribution in [3.63, 3.8) is 0 Å². The van der Waals surface area contributed by atoms with Crippen molar-refractivity contribution in [2.45, 2.75) is 31.7 Å². The summed E-state index contributed by atoms with van der Waals surface area (Å²) in [6.45, 7) is 2.70. The van der Waals surface area contributed by atoms with Gasteiger partial charge in [0.2, 0.25) is 5.91 Å². The largest absolute Gasteiger partial charge is 0.338 e. The summed E-state index contributed by atoms with van der Waals surface area (Å²) in [5.74, 6) is -0.0441. The lowest BCUT2D eigenvalue weighted by molar-refractivity contribution is -0.134. The molecule has 0 spiro atoms. The van der Waals surface area contributed by atoms with E-state index in [9.17, 15) is 13.2 Å². The first-order valence-electron chi connectivity index (χ1n) is 9.63. The van der Waals surface area contributed by atoms with Gasteiger partial charge in [0.1, 0.15) is 6.04 Å². The molecule has 0 aromatic carbocycles. The number of likely N-dealkylation sites (N-methyl/N-ethyl adjacent to an activating group) is 1. The molecule has 0 radical (unpaired) electrons. The van der Waals surface area contributed by atoms with Gasteiger partial charge in [-0.05, 0) is 19.9 Å². The van der Waals surface area contributed by atoms with Crippen molar-refractivity contribution >= 4 is 16.1 Å². The van der Waals surface area contributed by atoms with E-state index < -0.39 is 16.3 Å². The van der Waals surface area contributed by atoms with Crippen molar-refractivity contribution in [1.29, 1.82) is 0 Å². The molecular weight excluding hydrogens is 368 g/mol. The molecule has 1 N–H and O–H groups in total. The molecule has 1 aromatic rings. The second-order valence-corrected chi connectivity index (χ2v) is 9.14. The van der Waals surface area contributed by atoms with E-state index in [-0.39, 0.29) is 5.91 Å². The highest BCUT2D eigenvalue weighted by Crippen LogP contribution is 2.20. The number of nitrogens with one attached hydrogen (secondary N) is 1. The SMILES string of the molecule is CNC(C(=O)N1CCN(S(=O)(=O)N2CCCCCC2)CC1)c1cnn(C)c1. The molecule has 27 heavy (non-hydrogen) atoms. The van der Waals surface area contributed by atoms with Crippen molar-refractivity contribution in [1.82, 2.24) is 28.6 Å². The van der Waals surface area contributed by atoms with E-state index in [0.29, 0.717) is 39.3 Å². The van der Waals surface area contributed by atoms with Gasteiger partial charge >= 0.3 is 0 Å². The maximum atomic E-state index is 12.9. The van der Waals surface area contributed by atoms with E-state index in [0.717, 1.165) is 31.2 Å². The average Bonchev–Trinajstić information content (AvgIpc) is 2.92. The number of carbonyl (C=O) groups excluding carboxylic acids is 1. The van der Waals surface area contributed by atoms with Gasteiger partial charge in [-0.3, -0.25) is 9.48 Å². The number of nitrogens with zero attached hydrogens (tertiary/aromatic N) is 5. The number of hydrogen-bond donors (Lipinski definition) is 1. The Morgan fingerprint density at radius 3 is 2.15 bits per heavy atom. The van der Waals surface area contributed by atoms with Gasteiger partial charge in [-0.2, -0.15) is 22.1 Å². The number of amides is 1. The summed E-state index contributed by atoms with van der Waals surface area (Å²) in [4.78, 5) is 14.6. The second-order valence-electron chi connectivity index (χ2n) is 7.21. The number of piperazine rings is 1. The fourth-order valence-electron chi connectivity index (χ4n) is 3.78. The highest BCUT2D eigenvalue weighted by Gasteiger charge is 2.35. The fraction of sp³-hybridized carbons (Fsp3) is 0.765. The Balaban J connectivity index is 1.61. The van der Waals surface area contributed by atoms with Crippen LogP contribution in [0.5, 0.6) is 0 Å². The predicted molar refractivity (Wildman–Crippen MR) is 102 cm³/mol. The summed E-state index contributed by atoms with van der Waals surface area (Å²) in [6.07, 6.45) is 7.53. The Morgan fingerprint density at radius 2 is 1.63 bits per heavy atom. The van der Waals surface area contributed by atoms with Crippen molar-refractivity contribution in [3.8, 4) is 0 Å². The molecule has 1 amide bonds. The molecule has 152 valence electrons. The Morgan fingerprint density at radius 1 is 1.04 bits per heavy atom. The normalized spacial score (nSPS) is 21.8. The maximum Gasteiger partial charge on any atom is 0.282 e. The number of aryl methyl sites for hydroxylation is 1. The van der Waals surface area contributed by atoms with Crippen LogP contribution in [0.3, 0.4) is 0 Å². The van der Waals surface area contributed by atoms with Crippen LogP contribution < -0.4 is 5.32 Å². The van der Waals surface area contributed by atoms with Gasteiger partial charge in [0.15, 0.2) is 0 Å². The summed E-state index contributed by atoms with van der Waals surface area (Å²) in [5.41, 5.74) is 0.810. The van der Waals surface area contributed by atoms with Crippen LogP contribution in [-0.4, -0.2) is 83.9 Å². The van der Waals surface area contributed by atoms with Crippen LogP contribution in [0.4, 0.5) is 0 Å². The number of hydrogen-bond acceptors (Lipinski definition) is 5. The molecule has 2 saturated heterocycles. The van der Waals surface area contributed by atoms with Gasteiger partial charge < -0.3 is 10.2 Å². The summed E-state index contributed by atoms with van der Waals surface area (Å²) in [7, 11) is 0.126. The third-order valence-electron chi connectivity index (χ3n) is 5.36. The lowest BCUT2D eigenvalue weighted by Crippen LogP contribution is -2.55. The second kappa shape index (κ2) is 8.68. The van der Waals surface area contributed by atoms with E-state index in [1.807, 2.05) is 13.2 Å². The molecule has 1 unspecified atom stereocenters. The van der Waals surface area contributed by atoms with Gasteiger partial charge in [0, 0.05) is 58.1 Å². The minimum absolute atomic E-state index is 0.0441. The van der Waals surface area contributed by atoms with Crippen molar-refractivity contribution in [2.75, 3.05) is 46.3 Å². The first-order valence-corrected chi connectivity index (χ1v) is 11.0. The fourth-order valence-corrected chi connectivity index (χ4v) is 5.45. The summed E-state index contributed by atoms with van der Waals surface area (Å²) in [5, 5.41) is 7.17. The Bertz CT molecular complexity index is 734. The average molecular weight is 399 g/mol. The molecule has 0 bridgehead atoms. The number of rotatable bonds is 5. The third kappa shape index (κ3) is 4.50. The molecule has 3 heterocycles. The van der Waals surface area contributed by atoms with Crippen LogP contribution in [0.2, 0.25) is 0 Å². The summed E-state index contributed by atoms with van der Waals surface area (Å²) < 4.78 is 30.6. The predicted octanol–water partition coefficient (Wildman–Crippen LogP) is -0.0544. The maximum absolute atomic E-state index is 12.9. The molecule has 9 nitrogen and oxygen atoms in total. The zero-order chi connectivity index (χ0) is 19.4. The van der Waals surface area contributed by atoms with Gasteiger partial charge in [0.25, 0.3) is 10.2 Å². The quantitative estimate of drug-likeness (QED) is 0.751. The van der Waals surface area contributed by atoms with E-state index in [1.54, 1.807) is 27.1 Å². The van der Waals surface area contributed by atoms with Crippen molar-refractivity contribution in [2.24, 2.45) is 7.05 Å². The van der Waals surface area contributed by atoms with Crippen molar-refractivity contribution in [3.05, 3.63) is 18.0 Å². The van der Waals surface area contributed by atoms with E-state index in [2.05, 4.69) is 10.4 Å². The van der Waals surface area contributed by atoms with Gasteiger partial charge in [-0.25, -0.2) is 0 Å². The van der Waals surface area contributed by atoms with Crippen LogP contribution in [0.1, 0.15) is 37.3 Å². The molecule has 2 aliphatic rings. The van der Waals surface area contributed by atoms with Crippen LogP contribution in [0.15, 0.2) is 12.4 Å². The van der Waals surface area contributed by atoms with Crippen molar-refractivity contribution < 1.29 is 13.2 Å². The topological polar surface area (TPSA) is 90.8 Å². The molecule has 1 atom stereocenters. The lowest BCUT2D eigenvalue weighted by Gasteiger charge is -2.37. The van der Waals surface area contributed by atoms with E-state index in [1.165, 1.54) is 4.31 Å². The van der Waals surface area contributed by atoms with Gasteiger partial charge in [-0.1, -0.05) is 12.8 Å². The molecule has 2 fully saturated rings. The molecule has 0 saturated carbocycles. The first kappa shape index (κ1) is 20.2. The first-order chi connectivity index (χ1) is 12.9. The highest BCUT2D eigenvalue weighted by atomic mass is 32.2. The summed E-state index contributed by atoms with van der Waals surface area (Å²) >= 11 is 0. The zero-order valence-corrected chi connectivity index (χ0v) is 17.0. The molecule has 0 aliphatic carbocycles. The van der Waals surface area contributed by atoms with Crippen LogP contribution in [0, 0.1) is 0 Å². The summed E-state index contributed by atoms with van der Waals surface area (Å²) in [6, 6.07) is -0.465. The van der Waals surface area contributed by atoms with Crippen LogP contribution >= 0.6 is 0 Å². The molecule has 3 rings (SSSR count). The number of carbonyl (C=O) groups is 1. The van der Waals surface area contributed by atoms with Crippen LogP contribution in [-0.2, 0) is 22.1 Å². The minimum atomic E-state index is -3.43. The Labute approximate surface area is 161 Å². The molecular formula is C17H30N6O3S. The third-order valence-corrected chi connectivity index (χ3v) is 7.40. The zero-order valence-electron chi connectivity index (χ0n) is 16.2. The number of aromatic nitrogens is 2. The van der Waals surface area contributed by atoms with Crippen LogP contribution in [0.25, 0.3) is 0 Å². The lowest BCUT2D eigenvalue weighted by atomic mass is 10.1. The highest BCUT2D eigenvalue weighted by molar-refractivity contribution is 7.86. The Hall–Kier alpha value is -1.49.